The van der Waals surface area contributed by atoms with Gasteiger partial charge in [0.25, 0.3) is 0 Å². The molecule has 0 aromatic carbocycles. The molecule has 2 fully saturated rings. The fraction of sp³-hybridized carbons (Fsp3) is 1.00. The van der Waals surface area contributed by atoms with Crippen molar-refractivity contribution in [3.8, 4) is 0 Å². The molecule has 2 aliphatic rings. The van der Waals surface area contributed by atoms with Gasteiger partial charge in [-0.25, -0.2) is 0 Å². The van der Waals surface area contributed by atoms with Crippen LogP contribution in [0.3, 0.4) is 0 Å². The van der Waals surface area contributed by atoms with Gasteiger partial charge in [-0.3, -0.25) is 4.90 Å². The maximum absolute atomic E-state index is 10.1. The summed E-state index contributed by atoms with van der Waals surface area (Å²) < 4.78 is 11.2. The fourth-order valence-electron chi connectivity index (χ4n) is 2.41. The molecule has 0 spiro atoms. The van der Waals surface area contributed by atoms with Crippen molar-refractivity contribution >= 4 is 0 Å². The van der Waals surface area contributed by atoms with E-state index in [1.54, 1.807) is 0 Å². The summed E-state index contributed by atoms with van der Waals surface area (Å²) in [5.41, 5.74) is -0.471. The molecule has 4 heteroatoms. The van der Waals surface area contributed by atoms with E-state index in [0.29, 0.717) is 12.5 Å². The van der Waals surface area contributed by atoms with Gasteiger partial charge in [0.1, 0.15) is 0 Å². The number of β-amino-alcohol motifs (C(OH)–C–C–N with tert-alkyl or cyclic N) is 1. The molecule has 0 radical (unpaired) electrons. The molecule has 4 nitrogen and oxygen atoms in total. The molecule has 100 valence electrons. The van der Waals surface area contributed by atoms with E-state index in [0.717, 1.165) is 39.1 Å². The van der Waals surface area contributed by atoms with Crippen molar-refractivity contribution in [3.05, 3.63) is 0 Å². The average molecular weight is 243 g/mol. The van der Waals surface area contributed by atoms with Gasteiger partial charge in [-0.2, -0.15) is 0 Å². The van der Waals surface area contributed by atoms with Gasteiger partial charge < -0.3 is 14.6 Å². The molecule has 2 rings (SSSR count). The highest BCUT2D eigenvalue weighted by atomic mass is 16.7. The Balaban J connectivity index is 1.55. The number of hydrogen-bond acceptors (Lipinski definition) is 4. The first kappa shape index (κ1) is 13.3. The van der Waals surface area contributed by atoms with Gasteiger partial charge in [-0.15, -0.1) is 0 Å². The molecule has 0 amide bonds. The molecule has 0 aliphatic carbocycles. The first-order valence-corrected chi connectivity index (χ1v) is 6.78. The summed E-state index contributed by atoms with van der Waals surface area (Å²) in [5, 5.41) is 10.1. The summed E-state index contributed by atoms with van der Waals surface area (Å²) in [5.74, 6) is 0.335. The van der Waals surface area contributed by atoms with E-state index in [4.69, 9.17) is 9.47 Å². The maximum Gasteiger partial charge on any atom is 0.157 e. The van der Waals surface area contributed by atoms with Crippen molar-refractivity contribution in [3.63, 3.8) is 0 Å². The Kier molecular flexibility index (Phi) is 4.42. The van der Waals surface area contributed by atoms with E-state index in [-0.39, 0.29) is 6.29 Å². The summed E-state index contributed by atoms with van der Waals surface area (Å²) >= 11 is 0. The zero-order valence-electron chi connectivity index (χ0n) is 11.0. The average Bonchev–Trinajstić information content (AvgIpc) is 2.27. The molecule has 2 aliphatic heterocycles. The zero-order valence-corrected chi connectivity index (χ0v) is 11.0. The van der Waals surface area contributed by atoms with E-state index in [2.05, 4.69) is 18.7 Å². The minimum absolute atomic E-state index is 0.00834. The summed E-state index contributed by atoms with van der Waals surface area (Å²) in [6, 6.07) is 0. The lowest BCUT2D eigenvalue weighted by molar-refractivity contribution is -0.176. The molecular weight excluding hydrogens is 218 g/mol. The molecule has 2 heterocycles. The Morgan fingerprint density at radius 2 is 2.18 bits per heavy atom. The van der Waals surface area contributed by atoms with Crippen molar-refractivity contribution in [1.82, 2.24) is 4.90 Å². The fourth-order valence-corrected chi connectivity index (χ4v) is 2.41. The minimum atomic E-state index is -0.471. The van der Waals surface area contributed by atoms with Crippen LogP contribution in [0, 0.1) is 5.92 Å². The summed E-state index contributed by atoms with van der Waals surface area (Å²) in [7, 11) is 0. The van der Waals surface area contributed by atoms with Crippen LogP contribution in [0.1, 0.15) is 33.1 Å². The molecule has 1 N–H and O–H groups in total. The molecular formula is C13H25NO3. The second kappa shape index (κ2) is 5.65. The third-order valence-electron chi connectivity index (χ3n) is 3.92. The van der Waals surface area contributed by atoms with Gasteiger partial charge in [0.15, 0.2) is 6.29 Å². The van der Waals surface area contributed by atoms with E-state index in [1.807, 2.05) is 0 Å². The van der Waals surface area contributed by atoms with Gasteiger partial charge in [-0.05, 0) is 25.2 Å². The lowest BCUT2D eigenvalue weighted by atomic mass is 9.83. The van der Waals surface area contributed by atoms with Crippen LogP contribution in [0.4, 0.5) is 0 Å². The van der Waals surface area contributed by atoms with Crippen molar-refractivity contribution in [2.45, 2.75) is 45.0 Å². The summed E-state index contributed by atoms with van der Waals surface area (Å²) in [6.07, 6.45) is 3.40. The lowest BCUT2D eigenvalue weighted by Gasteiger charge is -2.49. The molecule has 0 bridgehead atoms. The second-order valence-corrected chi connectivity index (χ2v) is 5.64. The highest BCUT2D eigenvalue weighted by Crippen LogP contribution is 2.28. The third kappa shape index (κ3) is 3.41. The Hall–Kier alpha value is -0.160. The van der Waals surface area contributed by atoms with E-state index in [1.165, 1.54) is 6.42 Å². The van der Waals surface area contributed by atoms with E-state index >= 15 is 0 Å². The molecule has 1 atom stereocenters. The second-order valence-electron chi connectivity index (χ2n) is 5.64. The number of aliphatic hydroxyl groups is 1. The van der Waals surface area contributed by atoms with Gasteiger partial charge in [0, 0.05) is 26.2 Å². The van der Waals surface area contributed by atoms with Crippen molar-refractivity contribution in [2.75, 3.05) is 32.8 Å². The lowest BCUT2D eigenvalue weighted by Crippen LogP contribution is -2.64. The Morgan fingerprint density at radius 3 is 2.76 bits per heavy atom. The highest BCUT2D eigenvalue weighted by molar-refractivity contribution is 4.97. The van der Waals surface area contributed by atoms with Crippen molar-refractivity contribution < 1.29 is 14.6 Å². The van der Waals surface area contributed by atoms with E-state index in [9.17, 15) is 5.11 Å². The van der Waals surface area contributed by atoms with Crippen LogP contribution >= 0.6 is 0 Å². The normalized spacial score (nSPS) is 29.3. The van der Waals surface area contributed by atoms with Gasteiger partial charge in [0.2, 0.25) is 0 Å². The first-order valence-electron chi connectivity index (χ1n) is 6.78. The molecule has 1 unspecified atom stereocenters. The van der Waals surface area contributed by atoms with Gasteiger partial charge in [0.05, 0.1) is 12.2 Å². The van der Waals surface area contributed by atoms with Crippen molar-refractivity contribution in [1.29, 1.82) is 0 Å². The molecule has 0 aromatic heterocycles. The summed E-state index contributed by atoms with van der Waals surface area (Å²) in [4.78, 5) is 2.24. The monoisotopic (exact) mass is 243 g/mol. The predicted molar refractivity (Wildman–Crippen MR) is 65.8 cm³/mol. The van der Waals surface area contributed by atoms with Crippen LogP contribution in [0.5, 0.6) is 0 Å². The van der Waals surface area contributed by atoms with Crippen LogP contribution in [0.15, 0.2) is 0 Å². The summed E-state index contributed by atoms with van der Waals surface area (Å²) in [6.45, 7) is 8.14. The van der Waals surface area contributed by atoms with Crippen LogP contribution in [-0.2, 0) is 9.47 Å². The van der Waals surface area contributed by atoms with Crippen LogP contribution in [0.2, 0.25) is 0 Å². The van der Waals surface area contributed by atoms with Crippen LogP contribution in [0.25, 0.3) is 0 Å². The molecule has 2 saturated heterocycles. The van der Waals surface area contributed by atoms with Crippen molar-refractivity contribution in [2.24, 2.45) is 5.92 Å². The van der Waals surface area contributed by atoms with Gasteiger partial charge in [-0.1, -0.05) is 13.8 Å². The van der Waals surface area contributed by atoms with E-state index < -0.39 is 5.60 Å². The molecule has 0 saturated carbocycles. The quantitative estimate of drug-likeness (QED) is 0.788. The largest absolute Gasteiger partial charge is 0.387 e. The molecule has 0 aromatic rings. The Morgan fingerprint density at radius 1 is 1.41 bits per heavy atom. The number of ether oxygens (including phenoxy) is 2. The standard InChI is InChI=1S/C13H25NO3/c1-11(2)13(15)9-14(10-13)6-8-17-12-5-3-4-7-16-12/h11-12,15H,3-10H2,1-2H3. The number of nitrogens with zero attached hydrogens (tertiary/aromatic N) is 1. The topological polar surface area (TPSA) is 41.9 Å². The molecule has 17 heavy (non-hydrogen) atoms. The SMILES string of the molecule is CC(C)C1(O)CN(CCOC2CCCCO2)C1. The van der Waals surface area contributed by atoms with Crippen LogP contribution in [-0.4, -0.2) is 54.7 Å². The smallest absolute Gasteiger partial charge is 0.157 e. The zero-order chi connectivity index (χ0) is 12.3. The number of likely N-dealkylation sites (tertiary alicyclic amines) is 1. The maximum atomic E-state index is 10.1. The number of rotatable bonds is 5. The first-order chi connectivity index (χ1) is 8.10. The minimum Gasteiger partial charge on any atom is -0.387 e. The third-order valence-corrected chi connectivity index (χ3v) is 3.92. The number of hydrogen-bond donors (Lipinski definition) is 1. The highest BCUT2D eigenvalue weighted by Gasteiger charge is 2.43. The van der Waals surface area contributed by atoms with Crippen LogP contribution < -0.4 is 0 Å². The van der Waals surface area contributed by atoms with Gasteiger partial charge >= 0.3 is 0 Å². The Bertz CT molecular complexity index is 233. The predicted octanol–water partition coefficient (Wildman–Crippen LogP) is 1.23. The Labute approximate surface area is 104 Å².